The average Bonchev–Trinajstić information content (AvgIpc) is 0.823. The molecule has 7 heterocycles. The lowest BCUT2D eigenvalue weighted by atomic mass is 9.99. The Bertz CT molecular complexity index is 6770. The molecule has 7 aromatic heterocycles. The van der Waals surface area contributed by atoms with E-state index in [2.05, 4.69) is 34.9 Å². The summed E-state index contributed by atoms with van der Waals surface area (Å²) in [6.45, 7) is 15.0. The van der Waals surface area contributed by atoms with Gasteiger partial charge in [-0.2, -0.15) is 0 Å². The fourth-order valence-corrected chi connectivity index (χ4v) is 14.9. The zero-order chi connectivity index (χ0) is 109. The van der Waals surface area contributed by atoms with Gasteiger partial charge < -0.3 is 37.9 Å². The van der Waals surface area contributed by atoms with Crippen LogP contribution in [0.1, 0.15) is 280 Å². The standard InChI is InChI=1S/C20H23NO5.C20H23NO4.C18H19NO4.C17H17NO3.C16H15NO2.2C15H13NO2/c1-12-8-14(10-18(24-3)20(12)26-5)16(22)6-7-17(23)15-9-13(2)21-19(11-15)25-4;1-12-8-16(11-21-14(12)3)18(23)7-6-17(22)15-9-13(2)20(25-5)19(10-15)24-4;1-12-9-14(10-17(22-2)18(12)23-3)16(21)7-6-15(20)13-5-4-8-19-11-13;1-12-5-6-14(17(10-12)21-2)16(20)8-7-15(19)13-4-3-9-18-11-13;1-12-4-6-13(7-5-12)15(18)8-9-16(19)14-3-2-10-17-11-14;17-14(12-6-2-1-3-7-12)9-10-15(18)13-8-4-5-11-16-13;17-14(12-5-2-1-3-6-12)8-9-15(18)13-7-4-10-16-11-13/h8-11H,6-7H2,1-5H3;8-11H,6-7H2,1-5H3;4-5,8-11H,6-7H2,1-3H3;3-6,9-11H,7-8H2,1-2H3;2-7,10-11H,8-9H2,1H3;1-8,11H,9-10H2;1-7,10-11H,8-9H2. The zero-order valence-electron chi connectivity index (χ0n) is 87.1. The van der Waals surface area contributed by atoms with E-state index in [4.69, 9.17) is 37.9 Å². The molecule has 29 nitrogen and oxygen atoms in total. The Balaban J connectivity index is 0.000000214. The van der Waals surface area contributed by atoms with Crippen LogP contribution in [-0.2, 0) is 0 Å². The second-order valence-electron chi connectivity index (χ2n) is 34.2. The normalized spacial score (nSPS) is 10.2. The summed E-state index contributed by atoms with van der Waals surface area (Å²) in [7, 11) is 12.3. The highest BCUT2D eigenvalue weighted by Gasteiger charge is 2.24. The third kappa shape index (κ3) is 37.5. The lowest BCUT2D eigenvalue weighted by Crippen LogP contribution is -2.07. The van der Waals surface area contributed by atoms with Gasteiger partial charge in [0.15, 0.2) is 115 Å². The number of carbonyl (C=O) groups is 14. The van der Waals surface area contributed by atoms with Crippen LogP contribution in [0.25, 0.3) is 0 Å². The highest BCUT2D eigenvalue weighted by Crippen LogP contribution is 2.36. The predicted molar refractivity (Wildman–Crippen MR) is 570 cm³/mol. The van der Waals surface area contributed by atoms with Crippen molar-refractivity contribution in [1.82, 2.24) is 34.9 Å². The third-order valence-electron chi connectivity index (χ3n) is 23.2. The highest BCUT2D eigenvalue weighted by atomic mass is 16.5. The molecule has 774 valence electrons. The van der Waals surface area contributed by atoms with Crippen molar-refractivity contribution >= 4 is 81.0 Å². The largest absolute Gasteiger partial charge is 0.496 e. The van der Waals surface area contributed by atoms with Crippen molar-refractivity contribution in [1.29, 1.82) is 0 Å². The Morgan fingerprint density at radius 2 is 0.513 bits per heavy atom. The average molecular weight is 2030 g/mol. The van der Waals surface area contributed by atoms with Crippen molar-refractivity contribution in [2.75, 3.05) is 56.9 Å². The van der Waals surface area contributed by atoms with Crippen LogP contribution < -0.4 is 37.9 Å². The Morgan fingerprint density at radius 3 is 0.833 bits per heavy atom. The van der Waals surface area contributed by atoms with E-state index in [0.717, 1.165) is 39.1 Å². The van der Waals surface area contributed by atoms with Crippen LogP contribution in [0.3, 0.4) is 0 Å². The molecule has 0 saturated carbocycles. The number of benzene rings is 7. The molecule has 0 aliphatic heterocycles. The first-order valence-electron chi connectivity index (χ1n) is 48.1. The van der Waals surface area contributed by atoms with Gasteiger partial charge in [0.2, 0.25) is 5.88 Å². The van der Waals surface area contributed by atoms with Gasteiger partial charge in [-0.3, -0.25) is 97.0 Å². The van der Waals surface area contributed by atoms with Gasteiger partial charge in [-0.15, -0.1) is 0 Å². The van der Waals surface area contributed by atoms with Gasteiger partial charge in [-0.1, -0.05) is 103 Å². The van der Waals surface area contributed by atoms with Gasteiger partial charge in [-0.25, -0.2) is 4.98 Å². The molecule has 0 radical (unpaired) electrons. The molecule has 150 heavy (non-hydrogen) atoms. The molecular weight excluding hydrogens is 1900 g/mol. The van der Waals surface area contributed by atoms with Crippen LogP contribution in [0.4, 0.5) is 0 Å². The maximum atomic E-state index is 12.5. The topological polar surface area (TPSA) is 403 Å². The monoisotopic (exact) mass is 2030 g/mol. The molecule has 14 rings (SSSR count). The number of ether oxygens (including phenoxy) is 8. The minimum Gasteiger partial charge on any atom is -0.496 e. The Morgan fingerprint density at radius 1 is 0.213 bits per heavy atom. The quantitative estimate of drug-likeness (QED) is 0.0320. The number of pyridine rings is 7. The van der Waals surface area contributed by atoms with E-state index in [0.29, 0.717) is 130 Å². The van der Waals surface area contributed by atoms with E-state index in [9.17, 15) is 67.1 Å². The summed E-state index contributed by atoms with van der Waals surface area (Å²) in [5.41, 5.74) is 14.7. The molecule has 7 aromatic carbocycles. The number of aryl methyl sites for hydroxylation is 8. The maximum Gasteiger partial charge on any atom is 0.213 e. The number of methoxy groups -OCH3 is 8. The van der Waals surface area contributed by atoms with Gasteiger partial charge in [0.1, 0.15) is 11.4 Å². The molecule has 0 aliphatic carbocycles. The molecular formula is C121H123N7O22. The molecule has 0 amide bonds. The van der Waals surface area contributed by atoms with Gasteiger partial charge in [0.05, 0.1) is 62.4 Å². The number of rotatable bonds is 43. The lowest BCUT2D eigenvalue weighted by Gasteiger charge is -2.12. The van der Waals surface area contributed by atoms with Gasteiger partial charge in [0, 0.05) is 236 Å². The van der Waals surface area contributed by atoms with E-state index in [-0.39, 0.29) is 171 Å². The number of Topliss-reactive ketones (excluding diaryl/α,β-unsaturated/α-hetero) is 14. The maximum absolute atomic E-state index is 12.5. The van der Waals surface area contributed by atoms with Crippen LogP contribution in [0.15, 0.2) is 286 Å². The number of hydrogen-bond donors (Lipinski definition) is 0. The number of carbonyl (C=O) groups excluding carboxylic acids is 14. The number of hydrogen-bond acceptors (Lipinski definition) is 29. The van der Waals surface area contributed by atoms with Gasteiger partial charge in [0.25, 0.3) is 0 Å². The molecule has 0 saturated heterocycles. The first-order chi connectivity index (χ1) is 72.1. The second-order valence-corrected chi connectivity index (χ2v) is 34.2. The molecule has 0 bridgehead atoms. The van der Waals surface area contributed by atoms with Gasteiger partial charge in [-0.05, 0) is 205 Å². The van der Waals surface area contributed by atoms with Crippen molar-refractivity contribution in [3.63, 3.8) is 0 Å². The Labute approximate surface area is 873 Å². The van der Waals surface area contributed by atoms with Crippen molar-refractivity contribution in [3.8, 4) is 46.1 Å². The molecule has 0 fully saturated rings. The summed E-state index contributed by atoms with van der Waals surface area (Å²) in [6, 6.07) is 64.9. The van der Waals surface area contributed by atoms with Crippen molar-refractivity contribution in [2.24, 2.45) is 0 Å². The second kappa shape index (κ2) is 61.6. The molecule has 14 aromatic rings. The summed E-state index contributed by atoms with van der Waals surface area (Å²) in [6.07, 6.45) is 18.1. The molecule has 29 heteroatoms. The summed E-state index contributed by atoms with van der Waals surface area (Å²) in [5.74, 6) is 3.24. The predicted octanol–water partition coefficient (Wildman–Crippen LogP) is 23.0. The van der Waals surface area contributed by atoms with E-state index < -0.39 is 0 Å². The first-order valence-corrected chi connectivity index (χ1v) is 48.1. The van der Waals surface area contributed by atoms with Crippen LogP contribution in [0, 0.1) is 55.4 Å². The molecule has 0 spiro atoms. The van der Waals surface area contributed by atoms with Crippen LogP contribution in [-0.4, -0.2) is 173 Å². The van der Waals surface area contributed by atoms with Crippen LogP contribution in [0.5, 0.6) is 46.1 Å². The number of ketones is 14. The van der Waals surface area contributed by atoms with Crippen molar-refractivity contribution in [2.45, 2.75) is 145 Å². The minimum atomic E-state index is -0.126. The minimum absolute atomic E-state index is 0.00256. The first kappa shape index (κ1) is 118. The van der Waals surface area contributed by atoms with Gasteiger partial charge >= 0.3 is 0 Å². The van der Waals surface area contributed by atoms with Crippen LogP contribution in [0.2, 0.25) is 0 Å². The number of nitrogens with zero attached hydrogens (tertiary/aromatic N) is 7. The number of aromatic nitrogens is 7. The molecule has 0 N–H and O–H groups in total. The summed E-state index contributed by atoms with van der Waals surface area (Å²) in [5, 5.41) is 0. The summed E-state index contributed by atoms with van der Waals surface area (Å²) >= 11 is 0. The van der Waals surface area contributed by atoms with E-state index in [1.54, 1.807) is 223 Å². The highest BCUT2D eigenvalue weighted by molar-refractivity contribution is 6.08. The summed E-state index contributed by atoms with van der Waals surface area (Å²) < 4.78 is 41.9. The fraction of sp³-hybridized carbons (Fsp3) is 0.248. The molecule has 0 atom stereocenters. The zero-order valence-corrected chi connectivity index (χ0v) is 87.1. The fourth-order valence-electron chi connectivity index (χ4n) is 14.9. The van der Waals surface area contributed by atoms with E-state index >= 15 is 0 Å². The third-order valence-corrected chi connectivity index (χ3v) is 23.2. The molecule has 0 aliphatic rings. The molecule has 0 unspecified atom stereocenters. The Hall–Kier alpha value is -17.6. The van der Waals surface area contributed by atoms with Crippen molar-refractivity contribution < 1.29 is 105 Å². The SMILES string of the molecule is COc1cc(C(=O)CCC(=O)c2cc(C)c(OC)c(OC)c2)cc(C)n1.COc1cc(C(=O)CCC(=O)c2cccnc2)cc(C)c1OC.COc1cc(C(=O)CCC(=O)c2cnc(C)c(C)c2)cc(C)c1OC.COc1cc(C)ccc1C(=O)CCC(=O)c1cccnc1.Cc1ccc(C(=O)CCC(=O)c2cccnc2)cc1.O=C(CCC(=O)c1ccccn1)c1ccccc1.O=C(CCC(=O)c1cccnc1)c1ccccc1. The Kier molecular flexibility index (Phi) is 48.3. The smallest absolute Gasteiger partial charge is 0.213 e. The van der Waals surface area contributed by atoms with E-state index in [1.165, 1.54) is 60.3 Å². The van der Waals surface area contributed by atoms with Crippen LogP contribution >= 0.6 is 0 Å². The summed E-state index contributed by atoms with van der Waals surface area (Å²) in [4.78, 5) is 197. The van der Waals surface area contributed by atoms with Crippen molar-refractivity contribution in [3.05, 3.63) is 409 Å². The lowest BCUT2D eigenvalue weighted by molar-refractivity contribution is 0.0915. The van der Waals surface area contributed by atoms with E-state index in [1.807, 2.05) is 115 Å².